The Hall–Kier alpha value is -4.58. The number of anilines is 2. The molecule has 3 aromatic carbocycles. The van der Waals surface area contributed by atoms with Crippen LogP contribution in [-0.4, -0.2) is 54.3 Å². The molecule has 222 valence electrons. The van der Waals surface area contributed by atoms with Gasteiger partial charge < -0.3 is 24.6 Å². The highest BCUT2D eigenvalue weighted by molar-refractivity contribution is 6.31. The molecule has 10 nitrogen and oxygen atoms in total. The number of nitrogens with one attached hydrogen (secondary N) is 2. The first-order chi connectivity index (χ1) is 20.9. The van der Waals surface area contributed by atoms with Crippen molar-refractivity contribution in [1.29, 1.82) is 0 Å². The minimum atomic E-state index is -0.870. The lowest BCUT2D eigenvalue weighted by Gasteiger charge is -2.15. The van der Waals surface area contributed by atoms with E-state index in [-0.39, 0.29) is 31.9 Å². The van der Waals surface area contributed by atoms with Crippen LogP contribution < -0.4 is 20.1 Å². The number of carboxylic acid groups (broad SMARTS) is 1. The summed E-state index contributed by atoms with van der Waals surface area (Å²) in [7, 11) is 3.06. The number of carbonyl (C=O) groups is 1. The van der Waals surface area contributed by atoms with Crippen LogP contribution in [0.3, 0.4) is 0 Å². The summed E-state index contributed by atoms with van der Waals surface area (Å²) in [5, 5.41) is 15.3. The Morgan fingerprint density at radius 2 is 1.91 bits per heavy atom. The third-order valence-electron chi connectivity index (χ3n) is 6.72. The number of fused-ring (bicyclic) bond motifs is 3. The van der Waals surface area contributed by atoms with Crippen molar-refractivity contribution in [2.75, 3.05) is 32.8 Å². The van der Waals surface area contributed by atoms with Crippen LogP contribution >= 0.6 is 11.6 Å². The van der Waals surface area contributed by atoms with Gasteiger partial charge in [0.1, 0.15) is 17.3 Å². The van der Waals surface area contributed by atoms with Crippen molar-refractivity contribution in [1.82, 2.24) is 15.3 Å². The number of hydrogen-bond acceptors (Lipinski definition) is 9. The van der Waals surface area contributed by atoms with Crippen LogP contribution in [0.4, 0.5) is 16.0 Å². The van der Waals surface area contributed by atoms with E-state index in [1.54, 1.807) is 37.6 Å². The number of hydrogen-bond donors (Lipinski definition) is 3. The normalized spacial score (nSPS) is 12.0. The summed E-state index contributed by atoms with van der Waals surface area (Å²) in [6.07, 6.45) is 1.72. The Labute approximate surface area is 252 Å². The van der Waals surface area contributed by atoms with Gasteiger partial charge in [-0.1, -0.05) is 29.8 Å². The van der Waals surface area contributed by atoms with Gasteiger partial charge in [0.2, 0.25) is 5.95 Å². The zero-order chi connectivity index (χ0) is 30.3. The molecule has 12 heteroatoms. The first-order valence-corrected chi connectivity index (χ1v) is 13.7. The topological polar surface area (TPSA) is 127 Å². The van der Waals surface area contributed by atoms with Crippen LogP contribution in [0.2, 0.25) is 5.02 Å². The molecule has 0 atom stereocenters. The molecule has 5 rings (SSSR count). The largest absolute Gasteiger partial charge is 0.496 e. The molecule has 1 aliphatic heterocycles. The maximum atomic E-state index is 15.1. The van der Waals surface area contributed by atoms with Gasteiger partial charge in [0.25, 0.3) is 0 Å². The standard InChI is InChI=1S/C31H29ClFN5O5/c1-41-25-5-3-4-24(33)28(25)30-23-12-20(32)7-9-22(23)29-19(14-35-30)15-36-31(38-29)37-21-8-6-18(26(13-21)42-2)16-43-17-34-11-10-27(39)40/h3-9,12-13,15,34H,10-11,14,16-17H2,1-2H3,(H,39,40)(H,36,37,38). The summed E-state index contributed by atoms with van der Waals surface area (Å²) < 4.78 is 31.8. The summed E-state index contributed by atoms with van der Waals surface area (Å²) in [6, 6.07) is 15.5. The average Bonchev–Trinajstić information content (AvgIpc) is 3.15. The fourth-order valence-electron chi connectivity index (χ4n) is 4.67. The van der Waals surface area contributed by atoms with E-state index >= 15 is 4.39 Å². The summed E-state index contributed by atoms with van der Waals surface area (Å²) >= 11 is 6.40. The number of aromatic nitrogens is 2. The minimum absolute atomic E-state index is 0.0195. The highest BCUT2D eigenvalue weighted by Crippen LogP contribution is 2.36. The third-order valence-corrected chi connectivity index (χ3v) is 6.95. The van der Waals surface area contributed by atoms with E-state index in [4.69, 9.17) is 40.9 Å². The first kappa shape index (κ1) is 29.9. The number of rotatable bonds is 12. The molecular weight excluding hydrogens is 577 g/mol. The molecule has 1 aromatic heterocycles. The van der Waals surface area contributed by atoms with Crippen LogP contribution in [0.5, 0.6) is 11.5 Å². The number of nitrogens with zero attached hydrogens (tertiary/aromatic N) is 3. The molecule has 0 fully saturated rings. The highest BCUT2D eigenvalue weighted by Gasteiger charge is 2.25. The van der Waals surface area contributed by atoms with Crippen molar-refractivity contribution in [2.24, 2.45) is 4.99 Å². The van der Waals surface area contributed by atoms with E-state index in [9.17, 15) is 4.79 Å². The number of aliphatic carboxylic acids is 1. The van der Waals surface area contributed by atoms with Crippen LogP contribution in [0.1, 0.15) is 28.7 Å². The fourth-order valence-corrected chi connectivity index (χ4v) is 4.85. The monoisotopic (exact) mass is 605 g/mol. The summed E-state index contributed by atoms with van der Waals surface area (Å²) in [6.45, 7) is 1.02. The van der Waals surface area contributed by atoms with Crippen LogP contribution in [0.25, 0.3) is 11.3 Å². The number of ether oxygens (including phenoxy) is 3. The number of carboxylic acids is 1. The smallest absolute Gasteiger partial charge is 0.304 e. The van der Waals surface area contributed by atoms with Crippen molar-refractivity contribution in [3.63, 3.8) is 0 Å². The van der Waals surface area contributed by atoms with E-state index in [0.29, 0.717) is 51.7 Å². The predicted molar refractivity (Wildman–Crippen MR) is 161 cm³/mol. The van der Waals surface area contributed by atoms with Gasteiger partial charge in [-0.3, -0.25) is 15.1 Å². The highest BCUT2D eigenvalue weighted by atomic mass is 35.5. The van der Waals surface area contributed by atoms with E-state index in [1.807, 2.05) is 24.3 Å². The van der Waals surface area contributed by atoms with Crippen LogP contribution in [-0.2, 0) is 22.7 Å². The third kappa shape index (κ3) is 6.91. The second-order valence-electron chi connectivity index (χ2n) is 9.53. The Balaban J connectivity index is 1.39. The van der Waals surface area contributed by atoms with Gasteiger partial charge in [-0.05, 0) is 30.3 Å². The minimum Gasteiger partial charge on any atom is -0.496 e. The van der Waals surface area contributed by atoms with Gasteiger partial charge in [0.05, 0.1) is 57.5 Å². The average molecular weight is 606 g/mol. The van der Waals surface area contributed by atoms with Crippen molar-refractivity contribution in [3.8, 4) is 22.8 Å². The van der Waals surface area contributed by atoms with Crippen molar-refractivity contribution < 1.29 is 28.5 Å². The number of halogens is 2. The maximum absolute atomic E-state index is 15.1. The van der Waals surface area contributed by atoms with Gasteiger partial charge in [-0.25, -0.2) is 14.4 Å². The maximum Gasteiger partial charge on any atom is 0.304 e. The number of benzene rings is 3. The lowest BCUT2D eigenvalue weighted by atomic mass is 9.94. The van der Waals surface area contributed by atoms with E-state index in [0.717, 1.165) is 16.7 Å². The molecule has 2 heterocycles. The molecule has 0 saturated carbocycles. The van der Waals surface area contributed by atoms with Crippen molar-refractivity contribution in [3.05, 3.63) is 93.9 Å². The van der Waals surface area contributed by atoms with Gasteiger partial charge in [0.15, 0.2) is 0 Å². The quantitative estimate of drug-likeness (QED) is 0.140. The Morgan fingerprint density at radius 3 is 2.70 bits per heavy atom. The molecule has 0 radical (unpaired) electrons. The molecule has 3 N–H and O–H groups in total. The fraction of sp³-hybridized carbons (Fsp3) is 0.226. The van der Waals surface area contributed by atoms with Crippen LogP contribution in [0, 0.1) is 5.82 Å². The molecule has 0 spiro atoms. The first-order valence-electron chi connectivity index (χ1n) is 13.4. The molecule has 4 aromatic rings. The molecule has 0 aliphatic carbocycles. The SMILES string of the molecule is COc1cc(Nc2ncc3c(n2)-c2ccc(Cl)cc2C(c2c(F)cccc2OC)=NC3)ccc1COCNCCC(=O)O. The van der Waals surface area contributed by atoms with Gasteiger partial charge in [-0.15, -0.1) is 0 Å². The van der Waals surface area contributed by atoms with Crippen molar-refractivity contribution in [2.45, 2.75) is 19.6 Å². The van der Waals surface area contributed by atoms with Crippen molar-refractivity contribution >= 4 is 34.9 Å². The Kier molecular flexibility index (Phi) is 9.45. The molecular formula is C31H29ClFN5O5. The van der Waals surface area contributed by atoms with Crippen LogP contribution in [0.15, 0.2) is 65.8 Å². The second-order valence-corrected chi connectivity index (χ2v) is 9.96. The summed E-state index contributed by atoms with van der Waals surface area (Å²) in [5.74, 6) is -0.0185. The molecule has 0 saturated heterocycles. The Bertz CT molecular complexity index is 1680. The molecule has 0 unspecified atom stereocenters. The Morgan fingerprint density at radius 1 is 1.07 bits per heavy atom. The molecule has 43 heavy (non-hydrogen) atoms. The van der Waals surface area contributed by atoms with E-state index in [1.165, 1.54) is 13.2 Å². The van der Waals surface area contributed by atoms with Gasteiger partial charge >= 0.3 is 5.97 Å². The van der Waals surface area contributed by atoms with E-state index in [2.05, 4.69) is 15.6 Å². The zero-order valence-electron chi connectivity index (χ0n) is 23.5. The predicted octanol–water partition coefficient (Wildman–Crippen LogP) is 5.59. The molecule has 0 bridgehead atoms. The zero-order valence-corrected chi connectivity index (χ0v) is 24.2. The van der Waals surface area contributed by atoms with Gasteiger partial charge in [-0.2, -0.15) is 0 Å². The second kappa shape index (κ2) is 13.6. The summed E-state index contributed by atoms with van der Waals surface area (Å²) in [5.41, 5.74) is 4.94. The number of aliphatic imine (C=N–C) groups is 1. The molecule has 1 aliphatic rings. The van der Waals surface area contributed by atoms with E-state index < -0.39 is 11.8 Å². The lowest BCUT2D eigenvalue weighted by molar-refractivity contribution is -0.136. The number of methoxy groups -OCH3 is 2. The molecule has 0 amide bonds. The van der Waals surface area contributed by atoms with Gasteiger partial charge in [0, 0.05) is 51.8 Å². The lowest BCUT2D eigenvalue weighted by Crippen LogP contribution is -2.21. The summed E-state index contributed by atoms with van der Waals surface area (Å²) in [4.78, 5) is 24.7.